The maximum atomic E-state index is 11.2. The quantitative estimate of drug-likeness (QED) is 0.719. The van der Waals surface area contributed by atoms with Gasteiger partial charge in [0.2, 0.25) is 5.91 Å². The average Bonchev–Trinajstić information content (AvgIpc) is 2.39. The second kappa shape index (κ2) is 7.45. The van der Waals surface area contributed by atoms with Gasteiger partial charge in [-0.05, 0) is 24.1 Å². The molecule has 0 aliphatic rings. The van der Waals surface area contributed by atoms with Gasteiger partial charge in [-0.1, -0.05) is 12.1 Å². The second-order valence-electron chi connectivity index (χ2n) is 3.83. The van der Waals surface area contributed by atoms with Gasteiger partial charge in [0.05, 0.1) is 12.7 Å². The summed E-state index contributed by atoms with van der Waals surface area (Å²) < 4.78 is 4.61. The van der Waals surface area contributed by atoms with Crippen LogP contribution in [0.2, 0.25) is 0 Å². The first-order valence-electron chi connectivity index (χ1n) is 5.81. The number of nitrogens with two attached hydrogens (primary N) is 1. The molecular weight excluding hydrogens is 232 g/mol. The standard InChI is InChI=1S/C13H18N2O3/c1-18-13(17)11-4-2-10(3-5-11)7-9-15-12(16)6-8-14/h2-5H,6-9,14H2,1H3,(H,15,16). The first kappa shape index (κ1) is 14.2. The smallest absolute Gasteiger partial charge is 0.337 e. The minimum absolute atomic E-state index is 0.0383. The maximum absolute atomic E-state index is 11.2. The molecule has 1 rings (SSSR count). The summed E-state index contributed by atoms with van der Waals surface area (Å²) in [5.41, 5.74) is 6.84. The highest BCUT2D eigenvalue weighted by Gasteiger charge is 2.04. The van der Waals surface area contributed by atoms with Gasteiger partial charge in [0.15, 0.2) is 0 Å². The summed E-state index contributed by atoms with van der Waals surface area (Å²) in [6.45, 7) is 0.927. The Hall–Kier alpha value is -1.88. The Morgan fingerprint density at radius 1 is 1.28 bits per heavy atom. The number of hydrogen-bond donors (Lipinski definition) is 2. The Morgan fingerprint density at radius 3 is 2.50 bits per heavy atom. The largest absolute Gasteiger partial charge is 0.465 e. The summed E-state index contributed by atoms with van der Waals surface area (Å²) in [5, 5.41) is 2.77. The van der Waals surface area contributed by atoms with Crippen LogP contribution in [0.1, 0.15) is 22.3 Å². The first-order chi connectivity index (χ1) is 8.67. The average molecular weight is 250 g/mol. The van der Waals surface area contributed by atoms with Crippen LogP contribution in [0.15, 0.2) is 24.3 Å². The molecule has 98 valence electrons. The zero-order valence-electron chi connectivity index (χ0n) is 10.4. The van der Waals surface area contributed by atoms with Crippen LogP contribution in [0, 0.1) is 0 Å². The summed E-state index contributed by atoms with van der Waals surface area (Å²) in [5.74, 6) is -0.388. The van der Waals surface area contributed by atoms with Gasteiger partial charge in [-0.3, -0.25) is 4.79 Å². The van der Waals surface area contributed by atoms with Gasteiger partial charge in [-0.2, -0.15) is 0 Å². The molecular formula is C13H18N2O3. The van der Waals surface area contributed by atoms with Crippen molar-refractivity contribution in [3.63, 3.8) is 0 Å². The van der Waals surface area contributed by atoms with E-state index in [1.807, 2.05) is 12.1 Å². The lowest BCUT2D eigenvalue weighted by molar-refractivity contribution is -0.120. The predicted molar refractivity (Wildman–Crippen MR) is 68.2 cm³/mol. The third-order valence-electron chi connectivity index (χ3n) is 2.48. The van der Waals surface area contributed by atoms with Gasteiger partial charge in [-0.25, -0.2) is 4.79 Å². The van der Waals surface area contributed by atoms with E-state index in [9.17, 15) is 9.59 Å². The van der Waals surface area contributed by atoms with Crippen LogP contribution in [-0.4, -0.2) is 32.1 Å². The van der Waals surface area contributed by atoms with Crippen LogP contribution in [0.5, 0.6) is 0 Å². The number of esters is 1. The molecule has 0 atom stereocenters. The summed E-state index contributed by atoms with van der Waals surface area (Å²) in [7, 11) is 1.35. The molecule has 0 unspecified atom stereocenters. The van der Waals surface area contributed by atoms with E-state index < -0.39 is 0 Å². The van der Waals surface area contributed by atoms with Crippen LogP contribution >= 0.6 is 0 Å². The predicted octanol–water partition coefficient (Wildman–Crippen LogP) is 0.481. The highest BCUT2D eigenvalue weighted by Crippen LogP contribution is 2.06. The van der Waals surface area contributed by atoms with Crippen molar-refractivity contribution in [1.82, 2.24) is 5.32 Å². The lowest BCUT2D eigenvalue weighted by Gasteiger charge is -2.05. The zero-order chi connectivity index (χ0) is 13.4. The number of nitrogens with one attached hydrogen (secondary N) is 1. The van der Waals surface area contributed by atoms with Gasteiger partial charge >= 0.3 is 5.97 Å². The normalized spacial score (nSPS) is 9.89. The third kappa shape index (κ3) is 4.55. The van der Waals surface area contributed by atoms with E-state index in [4.69, 9.17) is 5.73 Å². The molecule has 5 heteroatoms. The highest BCUT2D eigenvalue weighted by molar-refractivity contribution is 5.89. The Kier molecular flexibility index (Phi) is 5.87. The minimum Gasteiger partial charge on any atom is -0.465 e. The molecule has 1 amide bonds. The molecule has 1 aromatic carbocycles. The molecule has 1 aromatic rings. The molecule has 0 aliphatic carbocycles. The molecule has 0 heterocycles. The Morgan fingerprint density at radius 2 is 1.94 bits per heavy atom. The van der Waals surface area contributed by atoms with Gasteiger partial charge in [0, 0.05) is 19.5 Å². The maximum Gasteiger partial charge on any atom is 0.337 e. The lowest BCUT2D eigenvalue weighted by atomic mass is 10.1. The van der Waals surface area contributed by atoms with E-state index in [0.29, 0.717) is 25.1 Å². The molecule has 0 aliphatic heterocycles. The Balaban J connectivity index is 2.40. The van der Waals surface area contributed by atoms with Crippen molar-refractivity contribution >= 4 is 11.9 Å². The fraction of sp³-hybridized carbons (Fsp3) is 0.385. The van der Waals surface area contributed by atoms with E-state index >= 15 is 0 Å². The highest BCUT2D eigenvalue weighted by atomic mass is 16.5. The molecule has 0 spiro atoms. The third-order valence-corrected chi connectivity index (χ3v) is 2.48. The fourth-order valence-corrected chi connectivity index (χ4v) is 1.49. The monoisotopic (exact) mass is 250 g/mol. The number of benzene rings is 1. The molecule has 0 radical (unpaired) electrons. The molecule has 0 saturated carbocycles. The minimum atomic E-state index is -0.349. The summed E-state index contributed by atoms with van der Waals surface area (Å²) in [6.07, 6.45) is 1.07. The molecule has 18 heavy (non-hydrogen) atoms. The van der Waals surface area contributed by atoms with Crippen molar-refractivity contribution in [2.24, 2.45) is 5.73 Å². The van der Waals surface area contributed by atoms with Crippen LogP contribution < -0.4 is 11.1 Å². The molecule has 0 aromatic heterocycles. The number of amides is 1. The number of rotatable bonds is 6. The Bertz CT molecular complexity index is 401. The van der Waals surface area contributed by atoms with Crippen LogP contribution in [0.4, 0.5) is 0 Å². The summed E-state index contributed by atoms with van der Waals surface area (Å²) >= 11 is 0. The molecule has 5 nitrogen and oxygen atoms in total. The van der Waals surface area contributed by atoms with E-state index in [1.165, 1.54) is 7.11 Å². The number of methoxy groups -OCH3 is 1. The molecule has 0 fully saturated rings. The van der Waals surface area contributed by atoms with E-state index in [0.717, 1.165) is 12.0 Å². The van der Waals surface area contributed by atoms with Gasteiger partial charge in [-0.15, -0.1) is 0 Å². The first-order valence-corrected chi connectivity index (χ1v) is 5.81. The van der Waals surface area contributed by atoms with E-state index in [1.54, 1.807) is 12.1 Å². The Labute approximate surface area is 106 Å². The summed E-state index contributed by atoms with van der Waals surface area (Å²) in [4.78, 5) is 22.4. The fourth-order valence-electron chi connectivity index (χ4n) is 1.49. The second-order valence-corrected chi connectivity index (χ2v) is 3.83. The molecule has 0 bridgehead atoms. The lowest BCUT2D eigenvalue weighted by Crippen LogP contribution is -2.27. The number of hydrogen-bond acceptors (Lipinski definition) is 4. The number of ether oxygens (including phenoxy) is 1. The number of carbonyl (C=O) groups is 2. The molecule has 3 N–H and O–H groups in total. The van der Waals surface area contributed by atoms with Crippen molar-refractivity contribution in [2.75, 3.05) is 20.2 Å². The SMILES string of the molecule is COC(=O)c1ccc(CCNC(=O)CCN)cc1. The number of carbonyl (C=O) groups excluding carboxylic acids is 2. The van der Waals surface area contributed by atoms with Crippen molar-refractivity contribution in [3.8, 4) is 0 Å². The zero-order valence-corrected chi connectivity index (χ0v) is 10.4. The van der Waals surface area contributed by atoms with Crippen LogP contribution in [0.25, 0.3) is 0 Å². The van der Waals surface area contributed by atoms with E-state index in [2.05, 4.69) is 10.1 Å². The summed E-state index contributed by atoms with van der Waals surface area (Å²) in [6, 6.07) is 7.12. The van der Waals surface area contributed by atoms with Crippen LogP contribution in [0.3, 0.4) is 0 Å². The van der Waals surface area contributed by atoms with Crippen molar-refractivity contribution < 1.29 is 14.3 Å². The van der Waals surface area contributed by atoms with Crippen molar-refractivity contribution in [3.05, 3.63) is 35.4 Å². The van der Waals surface area contributed by atoms with E-state index in [-0.39, 0.29) is 11.9 Å². The van der Waals surface area contributed by atoms with Crippen LogP contribution in [-0.2, 0) is 16.0 Å². The van der Waals surface area contributed by atoms with Gasteiger partial charge < -0.3 is 15.8 Å². The van der Waals surface area contributed by atoms with Crippen molar-refractivity contribution in [1.29, 1.82) is 0 Å². The van der Waals surface area contributed by atoms with Crippen molar-refractivity contribution in [2.45, 2.75) is 12.8 Å². The topological polar surface area (TPSA) is 81.4 Å². The van der Waals surface area contributed by atoms with Gasteiger partial charge in [0.25, 0.3) is 0 Å². The molecule has 0 saturated heterocycles. The van der Waals surface area contributed by atoms with Gasteiger partial charge in [0.1, 0.15) is 0 Å².